The van der Waals surface area contributed by atoms with E-state index in [-0.39, 0.29) is 18.0 Å². The highest BCUT2D eigenvalue weighted by atomic mass is 16.5. The lowest BCUT2D eigenvalue weighted by Gasteiger charge is -2.18. The maximum atomic E-state index is 11.9. The van der Waals surface area contributed by atoms with Gasteiger partial charge in [0.1, 0.15) is 5.76 Å². The van der Waals surface area contributed by atoms with E-state index >= 15 is 0 Å². The lowest BCUT2D eigenvalue weighted by molar-refractivity contribution is -0.123. The van der Waals surface area contributed by atoms with Crippen molar-refractivity contribution in [1.29, 1.82) is 0 Å². The number of hydrogen-bond acceptors (Lipinski definition) is 4. The Hall–Kier alpha value is -1.36. The molecule has 0 saturated heterocycles. The summed E-state index contributed by atoms with van der Waals surface area (Å²) in [7, 11) is 0. The lowest BCUT2D eigenvalue weighted by Crippen LogP contribution is -2.45. The molecule has 0 bridgehead atoms. The summed E-state index contributed by atoms with van der Waals surface area (Å²) in [5.74, 6) is 0.838. The van der Waals surface area contributed by atoms with Crippen LogP contribution in [0.4, 0.5) is 0 Å². The molecule has 0 aliphatic carbocycles. The molecular formula is C14H25N3O2. The molecule has 0 aliphatic heterocycles. The standard InChI is InChI=1S/C14H25N3O2/c1-6-7-9(2)16-14(18)11(4)15-8-13-10(3)17-19-12(13)5/h9,11,15H,6-8H2,1-5H3,(H,16,18). The van der Waals surface area contributed by atoms with Gasteiger partial charge in [0.2, 0.25) is 5.91 Å². The van der Waals surface area contributed by atoms with Crippen molar-refractivity contribution in [3.05, 3.63) is 17.0 Å². The van der Waals surface area contributed by atoms with Crippen molar-refractivity contribution in [2.75, 3.05) is 0 Å². The third kappa shape index (κ3) is 4.67. The van der Waals surface area contributed by atoms with Crippen molar-refractivity contribution in [3.63, 3.8) is 0 Å². The average molecular weight is 267 g/mol. The minimum absolute atomic E-state index is 0.0349. The molecule has 0 aliphatic rings. The Labute approximate surface area is 115 Å². The van der Waals surface area contributed by atoms with E-state index in [1.807, 2.05) is 27.7 Å². The highest BCUT2D eigenvalue weighted by molar-refractivity contribution is 5.81. The zero-order valence-electron chi connectivity index (χ0n) is 12.5. The van der Waals surface area contributed by atoms with Crippen molar-refractivity contribution in [2.45, 2.75) is 66.1 Å². The first kappa shape index (κ1) is 15.7. The van der Waals surface area contributed by atoms with Crippen LogP contribution >= 0.6 is 0 Å². The number of rotatable bonds is 7. The van der Waals surface area contributed by atoms with Crippen LogP contribution in [0.3, 0.4) is 0 Å². The number of hydrogen-bond donors (Lipinski definition) is 2. The molecule has 1 heterocycles. The first-order chi connectivity index (χ1) is 8.95. The van der Waals surface area contributed by atoms with E-state index in [1.54, 1.807) is 0 Å². The quantitative estimate of drug-likeness (QED) is 0.793. The van der Waals surface area contributed by atoms with Crippen LogP contribution in [0.25, 0.3) is 0 Å². The molecule has 5 heteroatoms. The number of nitrogens with zero attached hydrogens (tertiary/aromatic N) is 1. The van der Waals surface area contributed by atoms with E-state index in [4.69, 9.17) is 4.52 Å². The molecule has 2 atom stereocenters. The Morgan fingerprint density at radius 1 is 1.37 bits per heavy atom. The molecule has 0 fully saturated rings. The van der Waals surface area contributed by atoms with Crippen molar-refractivity contribution in [3.8, 4) is 0 Å². The summed E-state index contributed by atoms with van der Waals surface area (Å²) in [6.45, 7) is 10.4. The Kier molecular flexibility index (Phi) is 6.02. The molecule has 0 aromatic carbocycles. The number of carbonyl (C=O) groups is 1. The van der Waals surface area contributed by atoms with Gasteiger partial charge in [-0.1, -0.05) is 18.5 Å². The zero-order valence-corrected chi connectivity index (χ0v) is 12.5. The SMILES string of the molecule is CCCC(C)NC(=O)C(C)NCc1c(C)noc1C. The van der Waals surface area contributed by atoms with Crippen LogP contribution in [0, 0.1) is 13.8 Å². The van der Waals surface area contributed by atoms with Gasteiger partial charge in [0.05, 0.1) is 11.7 Å². The first-order valence-electron chi connectivity index (χ1n) is 6.91. The molecule has 1 aromatic rings. The van der Waals surface area contributed by atoms with E-state index in [0.717, 1.165) is 29.9 Å². The predicted octanol–water partition coefficient (Wildman–Crippen LogP) is 2.07. The first-order valence-corrected chi connectivity index (χ1v) is 6.91. The van der Waals surface area contributed by atoms with Gasteiger partial charge in [0.15, 0.2) is 0 Å². The van der Waals surface area contributed by atoms with Crippen LogP contribution in [-0.4, -0.2) is 23.1 Å². The van der Waals surface area contributed by atoms with Crippen LogP contribution in [0.15, 0.2) is 4.52 Å². The molecule has 5 nitrogen and oxygen atoms in total. The van der Waals surface area contributed by atoms with Crippen LogP contribution in [-0.2, 0) is 11.3 Å². The van der Waals surface area contributed by atoms with Crippen molar-refractivity contribution in [1.82, 2.24) is 15.8 Å². The minimum atomic E-state index is -0.229. The Bertz CT molecular complexity index is 395. The van der Waals surface area contributed by atoms with Gasteiger partial charge in [-0.25, -0.2) is 0 Å². The van der Waals surface area contributed by atoms with Gasteiger partial charge in [-0.15, -0.1) is 0 Å². The van der Waals surface area contributed by atoms with Crippen LogP contribution in [0.1, 0.15) is 50.6 Å². The van der Waals surface area contributed by atoms with E-state index < -0.39 is 0 Å². The number of amides is 1. The smallest absolute Gasteiger partial charge is 0.237 e. The number of nitrogens with one attached hydrogen (secondary N) is 2. The molecule has 2 N–H and O–H groups in total. The molecule has 19 heavy (non-hydrogen) atoms. The Morgan fingerprint density at radius 2 is 2.05 bits per heavy atom. The van der Waals surface area contributed by atoms with Crippen molar-refractivity contribution < 1.29 is 9.32 Å². The fourth-order valence-electron chi connectivity index (χ4n) is 1.98. The van der Waals surface area contributed by atoms with Gasteiger partial charge in [0, 0.05) is 18.2 Å². The summed E-state index contributed by atoms with van der Waals surface area (Å²) in [4.78, 5) is 11.9. The molecule has 1 amide bonds. The fourth-order valence-corrected chi connectivity index (χ4v) is 1.98. The Balaban J connectivity index is 2.42. The Morgan fingerprint density at radius 3 is 2.58 bits per heavy atom. The molecule has 1 aromatic heterocycles. The van der Waals surface area contributed by atoms with E-state index in [0.29, 0.717) is 6.54 Å². The molecule has 0 radical (unpaired) electrons. The maximum Gasteiger partial charge on any atom is 0.237 e. The average Bonchev–Trinajstić information content (AvgIpc) is 2.66. The molecule has 108 valence electrons. The highest BCUT2D eigenvalue weighted by Crippen LogP contribution is 2.11. The largest absolute Gasteiger partial charge is 0.361 e. The predicted molar refractivity (Wildman–Crippen MR) is 74.8 cm³/mol. The van der Waals surface area contributed by atoms with Gasteiger partial charge in [-0.05, 0) is 34.1 Å². The van der Waals surface area contributed by atoms with Gasteiger partial charge < -0.3 is 15.2 Å². The van der Waals surface area contributed by atoms with E-state index in [1.165, 1.54) is 0 Å². The fraction of sp³-hybridized carbons (Fsp3) is 0.714. The van der Waals surface area contributed by atoms with Crippen molar-refractivity contribution >= 4 is 5.91 Å². The number of aryl methyl sites for hydroxylation is 2. The van der Waals surface area contributed by atoms with Crippen molar-refractivity contribution in [2.24, 2.45) is 0 Å². The summed E-state index contributed by atoms with van der Waals surface area (Å²) < 4.78 is 5.09. The summed E-state index contributed by atoms with van der Waals surface area (Å²) in [5, 5.41) is 10.1. The molecule has 0 spiro atoms. The monoisotopic (exact) mass is 267 g/mol. The van der Waals surface area contributed by atoms with Crippen LogP contribution in [0.5, 0.6) is 0 Å². The van der Waals surface area contributed by atoms with Crippen LogP contribution in [0.2, 0.25) is 0 Å². The number of aromatic nitrogens is 1. The van der Waals surface area contributed by atoms with Gasteiger partial charge in [-0.2, -0.15) is 0 Å². The summed E-state index contributed by atoms with van der Waals surface area (Å²) >= 11 is 0. The van der Waals surface area contributed by atoms with Gasteiger partial charge in [-0.3, -0.25) is 4.79 Å². The minimum Gasteiger partial charge on any atom is -0.361 e. The van der Waals surface area contributed by atoms with E-state index in [9.17, 15) is 4.79 Å². The second-order valence-corrected chi connectivity index (χ2v) is 5.10. The summed E-state index contributed by atoms with van der Waals surface area (Å²) in [5.41, 5.74) is 1.90. The van der Waals surface area contributed by atoms with Gasteiger partial charge in [0.25, 0.3) is 0 Å². The third-order valence-corrected chi connectivity index (χ3v) is 3.27. The number of carbonyl (C=O) groups excluding carboxylic acids is 1. The highest BCUT2D eigenvalue weighted by Gasteiger charge is 2.16. The maximum absolute atomic E-state index is 11.9. The van der Waals surface area contributed by atoms with Gasteiger partial charge >= 0.3 is 0 Å². The van der Waals surface area contributed by atoms with Crippen LogP contribution < -0.4 is 10.6 Å². The second-order valence-electron chi connectivity index (χ2n) is 5.10. The summed E-state index contributed by atoms with van der Waals surface area (Å²) in [6.07, 6.45) is 2.07. The molecule has 1 rings (SSSR count). The van der Waals surface area contributed by atoms with E-state index in [2.05, 4.69) is 22.7 Å². The molecule has 0 saturated carbocycles. The lowest BCUT2D eigenvalue weighted by atomic mass is 10.1. The topological polar surface area (TPSA) is 67.2 Å². The normalized spacial score (nSPS) is 14.2. The molecular weight excluding hydrogens is 242 g/mol. The zero-order chi connectivity index (χ0) is 14.4. The third-order valence-electron chi connectivity index (χ3n) is 3.27. The second kappa shape index (κ2) is 7.28. The summed E-state index contributed by atoms with van der Waals surface area (Å²) in [6, 6.07) is -0.00572. The molecule has 2 unspecified atom stereocenters.